The summed E-state index contributed by atoms with van der Waals surface area (Å²) in [5, 5.41) is 14.5. The van der Waals surface area contributed by atoms with Gasteiger partial charge in [0.25, 0.3) is 5.91 Å². The van der Waals surface area contributed by atoms with Crippen LogP contribution in [0.5, 0.6) is 0 Å². The normalized spacial score (nSPS) is 12.1. The van der Waals surface area contributed by atoms with Gasteiger partial charge in [-0.15, -0.1) is 0 Å². The number of carboxylic acid groups (broad SMARTS) is 1. The minimum absolute atomic E-state index is 0.0507. The Bertz CT molecular complexity index is 1450. The van der Waals surface area contributed by atoms with Crippen molar-refractivity contribution < 1.29 is 24.2 Å². The van der Waals surface area contributed by atoms with Crippen LogP contribution in [0.25, 0.3) is 11.1 Å². The van der Waals surface area contributed by atoms with Crippen molar-refractivity contribution in [1.29, 1.82) is 0 Å². The molecule has 9 heteroatoms. The Labute approximate surface area is 206 Å². The molecule has 3 N–H and O–H groups in total. The summed E-state index contributed by atoms with van der Waals surface area (Å²) in [7, 11) is 3.25. The first-order valence-electron chi connectivity index (χ1n) is 11.3. The van der Waals surface area contributed by atoms with Gasteiger partial charge in [0.1, 0.15) is 18.0 Å². The lowest BCUT2D eigenvalue weighted by Gasteiger charge is -2.14. The Hall–Kier alpha value is -4.79. The molecule has 1 aliphatic rings. The van der Waals surface area contributed by atoms with Crippen LogP contribution in [0.2, 0.25) is 0 Å². The van der Waals surface area contributed by atoms with Crippen molar-refractivity contribution in [2.45, 2.75) is 5.92 Å². The van der Waals surface area contributed by atoms with E-state index in [1.165, 1.54) is 22.9 Å². The predicted octanol–water partition coefficient (Wildman–Crippen LogP) is 4.68. The van der Waals surface area contributed by atoms with Gasteiger partial charge >= 0.3 is 12.1 Å². The molecular formula is C27H24N4O5. The molecule has 0 atom stereocenters. The minimum Gasteiger partial charge on any atom is -0.477 e. The summed E-state index contributed by atoms with van der Waals surface area (Å²) in [6.45, 7) is 0.181. The molecule has 0 unspecified atom stereocenters. The molecule has 5 rings (SSSR count). The second-order valence-electron chi connectivity index (χ2n) is 8.66. The Morgan fingerprint density at radius 3 is 1.94 bits per heavy atom. The second-order valence-corrected chi connectivity index (χ2v) is 8.66. The average molecular weight is 485 g/mol. The third kappa shape index (κ3) is 4.22. The maximum Gasteiger partial charge on any atom is 0.411 e. The fourth-order valence-electron chi connectivity index (χ4n) is 4.65. The molecule has 0 spiro atoms. The third-order valence-electron chi connectivity index (χ3n) is 6.31. The summed E-state index contributed by atoms with van der Waals surface area (Å²) in [5.74, 6) is -1.59. The summed E-state index contributed by atoms with van der Waals surface area (Å²) in [6.07, 6.45) is 2.49. The number of aryl methyl sites for hydroxylation is 2. The number of ether oxygens (including phenoxy) is 1. The zero-order valence-electron chi connectivity index (χ0n) is 19.7. The number of nitrogens with zero attached hydrogens (tertiary/aromatic N) is 2. The predicted molar refractivity (Wildman–Crippen MR) is 134 cm³/mol. The van der Waals surface area contributed by atoms with Crippen LogP contribution in [-0.2, 0) is 18.8 Å². The van der Waals surface area contributed by atoms with Crippen LogP contribution in [0.3, 0.4) is 0 Å². The van der Waals surface area contributed by atoms with E-state index in [1.54, 1.807) is 24.9 Å². The van der Waals surface area contributed by atoms with Crippen LogP contribution >= 0.6 is 0 Å². The molecule has 0 fully saturated rings. The summed E-state index contributed by atoms with van der Waals surface area (Å²) < 4.78 is 8.54. The first kappa shape index (κ1) is 23.0. The summed E-state index contributed by atoms with van der Waals surface area (Å²) in [4.78, 5) is 36.5. The summed E-state index contributed by atoms with van der Waals surface area (Å²) in [5.41, 5.74) is 5.63. The van der Waals surface area contributed by atoms with Crippen LogP contribution in [0.15, 0.2) is 73.1 Å². The molecule has 182 valence electrons. The number of rotatable bonds is 6. The lowest BCUT2D eigenvalue weighted by atomic mass is 9.98. The molecule has 0 bridgehead atoms. The van der Waals surface area contributed by atoms with Gasteiger partial charge in [-0.1, -0.05) is 48.5 Å². The van der Waals surface area contributed by atoms with E-state index >= 15 is 0 Å². The van der Waals surface area contributed by atoms with Crippen LogP contribution in [0, 0.1) is 0 Å². The Morgan fingerprint density at radius 1 is 0.833 bits per heavy atom. The number of carbonyl (C=O) groups is 3. The van der Waals surface area contributed by atoms with E-state index in [-0.39, 0.29) is 23.9 Å². The highest BCUT2D eigenvalue weighted by molar-refractivity contribution is 6.05. The molecule has 0 saturated carbocycles. The maximum absolute atomic E-state index is 12.7. The molecule has 2 aromatic carbocycles. The van der Waals surface area contributed by atoms with Gasteiger partial charge in [-0.25, -0.2) is 9.59 Å². The van der Waals surface area contributed by atoms with Gasteiger partial charge in [0.05, 0.1) is 11.4 Å². The fraction of sp³-hybridized carbons (Fsp3) is 0.148. The first-order valence-corrected chi connectivity index (χ1v) is 11.3. The third-order valence-corrected chi connectivity index (χ3v) is 6.31. The van der Waals surface area contributed by atoms with Crippen LogP contribution in [0.1, 0.15) is 38.0 Å². The Balaban J connectivity index is 1.24. The molecule has 2 heterocycles. The Morgan fingerprint density at radius 2 is 1.36 bits per heavy atom. The summed E-state index contributed by atoms with van der Waals surface area (Å²) >= 11 is 0. The van der Waals surface area contributed by atoms with Gasteiger partial charge in [-0.2, -0.15) is 0 Å². The monoisotopic (exact) mass is 484 g/mol. The van der Waals surface area contributed by atoms with E-state index in [4.69, 9.17) is 4.74 Å². The number of hydrogen-bond donors (Lipinski definition) is 3. The number of amides is 2. The lowest BCUT2D eigenvalue weighted by Crippen LogP contribution is -2.17. The van der Waals surface area contributed by atoms with Crippen molar-refractivity contribution in [1.82, 2.24) is 9.13 Å². The van der Waals surface area contributed by atoms with Gasteiger partial charge in [-0.3, -0.25) is 10.1 Å². The molecule has 4 aromatic rings. The van der Waals surface area contributed by atoms with Crippen molar-refractivity contribution in [2.24, 2.45) is 14.1 Å². The van der Waals surface area contributed by atoms with Gasteiger partial charge in [0.15, 0.2) is 0 Å². The zero-order chi connectivity index (χ0) is 25.4. The van der Waals surface area contributed by atoms with E-state index in [1.807, 2.05) is 24.3 Å². The van der Waals surface area contributed by atoms with Gasteiger partial charge in [0, 0.05) is 32.4 Å². The van der Waals surface area contributed by atoms with E-state index in [2.05, 4.69) is 34.9 Å². The maximum atomic E-state index is 12.7. The van der Waals surface area contributed by atoms with Crippen molar-refractivity contribution in [3.63, 3.8) is 0 Å². The number of hydrogen-bond acceptors (Lipinski definition) is 4. The second kappa shape index (κ2) is 9.10. The number of carboxylic acids is 1. The largest absolute Gasteiger partial charge is 0.477 e. The number of nitrogens with one attached hydrogen (secondary N) is 2. The topological polar surface area (TPSA) is 115 Å². The fourth-order valence-corrected chi connectivity index (χ4v) is 4.65. The lowest BCUT2D eigenvalue weighted by molar-refractivity contribution is 0.0686. The van der Waals surface area contributed by atoms with E-state index < -0.39 is 18.0 Å². The molecule has 0 radical (unpaired) electrons. The number of carbonyl (C=O) groups excluding carboxylic acids is 2. The number of aromatic carboxylic acids is 1. The van der Waals surface area contributed by atoms with Gasteiger partial charge in [-0.05, 0) is 34.4 Å². The van der Waals surface area contributed by atoms with Gasteiger partial charge in [0.2, 0.25) is 0 Å². The average Bonchev–Trinajstić information content (AvgIpc) is 3.50. The highest BCUT2D eigenvalue weighted by atomic mass is 16.5. The molecule has 2 aromatic heterocycles. The standard InChI is InChI=1S/C27H24N4O5/c1-30-14-17(11-23(30)25(32)28-16-12-24(26(33)34)31(2)13-16)29-27(35)36-15-22-20-9-5-3-7-18(20)19-8-4-6-10-21(19)22/h3-14,22H,15H2,1-2H3,(H,28,32)(H,29,35)(H,33,34). The number of aromatic nitrogens is 2. The van der Waals surface area contributed by atoms with Crippen molar-refractivity contribution in [2.75, 3.05) is 17.2 Å². The molecule has 9 nitrogen and oxygen atoms in total. The highest BCUT2D eigenvalue weighted by Gasteiger charge is 2.29. The van der Waals surface area contributed by atoms with Gasteiger partial charge < -0.3 is 24.3 Å². The molecule has 0 saturated heterocycles. The SMILES string of the molecule is Cn1cc(NC(=O)c2cc(NC(=O)OCC3c4ccccc4-c4ccccc43)cn2C)cc1C(=O)O. The Kier molecular flexibility index (Phi) is 5.81. The highest BCUT2D eigenvalue weighted by Crippen LogP contribution is 2.44. The van der Waals surface area contributed by atoms with E-state index in [9.17, 15) is 19.5 Å². The zero-order valence-corrected chi connectivity index (χ0v) is 19.7. The van der Waals surface area contributed by atoms with Crippen LogP contribution in [0.4, 0.5) is 16.2 Å². The van der Waals surface area contributed by atoms with E-state index in [0.717, 1.165) is 22.3 Å². The van der Waals surface area contributed by atoms with E-state index in [0.29, 0.717) is 11.4 Å². The molecular weight excluding hydrogens is 460 g/mol. The number of fused-ring (bicyclic) bond motifs is 3. The van der Waals surface area contributed by atoms with Crippen LogP contribution < -0.4 is 10.6 Å². The summed E-state index contributed by atoms with van der Waals surface area (Å²) in [6, 6.07) is 19.1. The quantitative estimate of drug-likeness (QED) is 0.368. The molecule has 1 aliphatic carbocycles. The minimum atomic E-state index is -1.09. The smallest absolute Gasteiger partial charge is 0.411 e. The first-order chi connectivity index (χ1) is 17.3. The van der Waals surface area contributed by atoms with Crippen molar-refractivity contribution in [3.8, 4) is 11.1 Å². The number of benzene rings is 2. The number of anilines is 2. The van der Waals surface area contributed by atoms with Crippen molar-refractivity contribution >= 4 is 29.3 Å². The molecule has 2 amide bonds. The van der Waals surface area contributed by atoms with Crippen LogP contribution in [-0.4, -0.2) is 38.8 Å². The van der Waals surface area contributed by atoms with Crippen molar-refractivity contribution in [3.05, 3.63) is 95.6 Å². The molecule has 36 heavy (non-hydrogen) atoms. The molecule has 0 aliphatic heterocycles.